The fraction of sp³-hybridized carbons (Fsp3) is 0.0625. The molecule has 0 aliphatic rings. The highest BCUT2D eigenvalue weighted by Gasteiger charge is 2.16. The molecule has 0 saturated heterocycles. The fourth-order valence-corrected chi connectivity index (χ4v) is 2.12. The number of nitrogens with zero attached hydrogens (tertiary/aromatic N) is 3. The molecule has 0 bridgehead atoms. The third-order valence-corrected chi connectivity index (χ3v) is 3.14. The summed E-state index contributed by atoms with van der Waals surface area (Å²) in [5.74, 6) is 0.468. The summed E-state index contributed by atoms with van der Waals surface area (Å²) in [6.45, 7) is 1.93. The predicted molar refractivity (Wildman–Crippen MR) is 76.0 cm³/mol. The van der Waals surface area contributed by atoms with Crippen LogP contribution in [-0.4, -0.2) is 20.3 Å². The third kappa shape index (κ3) is 2.12. The first kappa shape index (κ1) is 12.3. The smallest absolute Gasteiger partial charge is 0.234 e. The van der Waals surface area contributed by atoms with Gasteiger partial charge in [0.05, 0.1) is 5.69 Å². The second-order valence-corrected chi connectivity index (χ2v) is 4.46. The summed E-state index contributed by atoms with van der Waals surface area (Å²) in [7, 11) is 0. The van der Waals surface area contributed by atoms with E-state index in [1.807, 2.05) is 37.3 Å². The van der Waals surface area contributed by atoms with Crippen molar-refractivity contribution in [2.75, 3.05) is 0 Å². The number of hydrogen-bond donors (Lipinski definition) is 0. The van der Waals surface area contributed by atoms with Gasteiger partial charge in [-0.3, -0.25) is 9.36 Å². The molecule has 4 nitrogen and oxygen atoms in total. The first-order valence-electron chi connectivity index (χ1n) is 6.32. The van der Waals surface area contributed by atoms with Crippen molar-refractivity contribution in [3.05, 3.63) is 77.9 Å². The molecule has 4 heteroatoms. The van der Waals surface area contributed by atoms with Gasteiger partial charge in [0, 0.05) is 24.2 Å². The number of rotatable bonds is 3. The second kappa shape index (κ2) is 5.09. The van der Waals surface area contributed by atoms with Gasteiger partial charge in [-0.25, -0.2) is 9.97 Å². The van der Waals surface area contributed by atoms with E-state index < -0.39 is 0 Å². The van der Waals surface area contributed by atoms with Crippen molar-refractivity contribution >= 4 is 5.78 Å². The van der Waals surface area contributed by atoms with Crippen molar-refractivity contribution in [1.82, 2.24) is 14.5 Å². The Balaban J connectivity index is 2.07. The summed E-state index contributed by atoms with van der Waals surface area (Å²) in [5, 5.41) is 0. The lowest BCUT2D eigenvalue weighted by atomic mass is 10.0. The zero-order valence-corrected chi connectivity index (χ0v) is 11.0. The SMILES string of the molecule is Cc1ccccc1C(=O)c1cccn1-c1ncccn1. The lowest BCUT2D eigenvalue weighted by Crippen LogP contribution is -2.11. The van der Waals surface area contributed by atoms with Gasteiger partial charge in [-0.2, -0.15) is 0 Å². The summed E-state index contributed by atoms with van der Waals surface area (Å²) < 4.78 is 1.70. The van der Waals surface area contributed by atoms with Crippen molar-refractivity contribution in [1.29, 1.82) is 0 Å². The zero-order chi connectivity index (χ0) is 13.9. The highest BCUT2D eigenvalue weighted by molar-refractivity contribution is 6.09. The zero-order valence-electron chi connectivity index (χ0n) is 11.0. The maximum atomic E-state index is 12.6. The molecule has 2 heterocycles. The minimum Gasteiger partial charge on any atom is -0.287 e. The average molecular weight is 263 g/mol. The molecule has 0 atom stereocenters. The monoisotopic (exact) mass is 263 g/mol. The molecule has 0 saturated carbocycles. The quantitative estimate of drug-likeness (QED) is 0.683. The van der Waals surface area contributed by atoms with E-state index in [0.717, 1.165) is 5.56 Å². The lowest BCUT2D eigenvalue weighted by Gasteiger charge is -2.08. The van der Waals surface area contributed by atoms with Gasteiger partial charge in [0.2, 0.25) is 11.7 Å². The van der Waals surface area contributed by atoms with E-state index >= 15 is 0 Å². The normalized spacial score (nSPS) is 10.4. The van der Waals surface area contributed by atoms with Crippen LogP contribution >= 0.6 is 0 Å². The third-order valence-electron chi connectivity index (χ3n) is 3.14. The van der Waals surface area contributed by atoms with Crippen LogP contribution in [0.3, 0.4) is 0 Å². The number of carbonyl (C=O) groups is 1. The average Bonchev–Trinajstić information content (AvgIpc) is 2.97. The van der Waals surface area contributed by atoms with E-state index in [0.29, 0.717) is 17.2 Å². The number of aryl methyl sites for hydroxylation is 1. The molecule has 0 radical (unpaired) electrons. The van der Waals surface area contributed by atoms with Gasteiger partial charge in [0.15, 0.2) is 0 Å². The van der Waals surface area contributed by atoms with E-state index in [1.165, 1.54) is 0 Å². The Morgan fingerprint density at radius 1 is 1.00 bits per heavy atom. The fourth-order valence-electron chi connectivity index (χ4n) is 2.12. The van der Waals surface area contributed by atoms with Crippen LogP contribution in [0, 0.1) is 6.92 Å². The van der Waals surface area contributed by atoms with E-state index in [2.05, 4.69) is 9.97 Å². The van der Waals surface area contributed by atoms with Gasteiger partial charge < -0.3 is 0 Å². The number of benzene rings is 1. The van der Waals surface area contributed by atoms with Crippen molar-refractivity contribution in [3.63, 3.8) is 0 Å². The van der Waals surface area contributed by atoms with Gasteiger partial charge in [0.1, 0.15) is 0 Å². The van der Waals surface area contributed by atoms with Crippen LogP contribution in [0.4, 0.5) is 0 Å². The summed E-state index contributed by atoms with van der Waals surface area (Å²) in [4.78, 5) is 21.0. The molecule has 0 aliphatic carbocycles. The van der Waals surface area contributed by atoms with Gasteiger partial charge in [-0.15, -0.1) is 0 Å². The van der Waals surface area contributed by atoms with Crippen LogP contribution in [0.15, 0.2) is 61.1 Å². The predicted octanol–water partition coefficient (Wildman–Crippen LogP) is 2.81. The molecule has 0 N–H and O–H groups in total. The van der Waals surface area contributed by atoms with Gasteiger partial charge in [-0.1, -0.05) is 24.3 Å². The minimum absolute atomic E-state index is 0.0273. The van der Waals surface area contributed by atoms with E-state index in [1.54, 1.807) is 35.3 Å². The van der Waals surface area contributed by atoms with Gasteiger partial charge in [0.25, 0.3) is 0 Å². The molecule has 0 unspecified atom stereocenters. The van der Waals surface area contributed by atoms with E-state index in [-0.39, 0.29) is 5.78 Å². The van der Waals surface area contributed by atoms with Crippen molar-refractivity contribution in [2.45, 2.75) is 6.92 Å². The van der Waals surface area contributed by atoms with Crippen molar-refractivity contribution in [2.24, 2.45) is 0 Å². The summed E-state index contributed by atoms with van der Waals surface area (Å²) in [6.07, 6.45) is 5.11. The Bertz CT molecular complexity index is 747. The maximum absolute atomic E-state index is 12.6. The Kier molecular flexibility index (Phi) is 3.13. The molecular formula is C16H13N3O. The maximum Gasteiger partial charge on any atom is 0.234 e. The first-order chi connectivity index (χ1) is 9.77. The molecule has 2 aromatic heterocycles. The summed E-state index contributed by atoms with van der Waals surface area (Å²) in [6, 6.07) is 12.9. The van der Waals surface area contributed by atoms with Crippen LogP contribution in [0.1, 0.15) is 21.6 Å². The number of hydrogen-bond acceptors (Lipinski definition) is 3. The van der Waals surface area contributed by atoms with Crippen molar-refractivity contribution < 1.29 is 4.79 Å². The summed E-state index contributed by atoms with van der Waals surface area (Å²) >= 11 is 0. The van der Waals surface area contributed by atoms with Crippen LogP contribution in [-0.2, 0) is 0 Å². The second-order valence-electron chi connectivity index (χ2n) is 4.46. The molecule has 3 rings (SSSR count). The Morgan fingerprint density at radius 3 is 2.50 bits per heavy atom. The van der Waals surface area contributed by atoms with Gasteiger partial charge in [-0.05, 0) is 30.7 Å². The number of aromatic nitrogens is 3. The van der Waals surface area contributed by atoms with Crippen LogP contribution in [0.2, 0.25) is 0 Å². The molecule has 3 aromatic rings. The molecule has 0 spiro atoms. The Morgan fingerprint density at radius 2 is 1.75 bits per heavy atom. The molecule has 0 aliphatic heterocycles. The van der Waals surface area contributed by atoms with E-state index in [9.17, 15) is 4.79 Å². The van der Waals surface area contributed by atoms with E-state index in [4.69, 9.17) is 0 Å². The van der Waals surface area contributed by atoms with Crippen LogP contribution in [0.5, 0.6) is 0 Å². The molecule has 1 aromatic carbocycles. The minimum atomic E-state index is -0.0273. The molecular weight excluding hydrogens is 250 g/mol. The highest BCUT2D eigenvalue weighted by Crippen LogP contribution is 2.16. The van der Waals surface area contributed by atoms with Gasteiger partial charge >= 0.3 is 0 Å². The van der Waals surface area contributed by atoms with Crippen LogP contribution in [0.25, 0.3) is 5.95 Å². The lowest BCUT2D eigenvalue weighted by molar-refractivity contribution is 0.103. The number of carbonyl (C=O) groups excluding carboxylic acids is 1. The summed E-state index contributed by atoms with van der Waals surface area (Å²) in [5.41, 5.74) is 2.22. The largest absolute Gasteiger partial charge is 0.287 e. The van der Waals surface area contributed by atoms with Crippen LogP contribution < -0.4 is 0 Å². The standard InChI is InChI=1S/C16H13N3O/c1-12-6-2-3-7-13(12)15(20)14-8-4-11-19(14)16-17-9-5-10-18-16/h2-11H,1H3. The first-order valence-corrected chi connectivity index (χ1v) is 6.32. The molecule has 20 heavy (non-hydrogen) atoms. The topological polar surface area (TPSA) is 47.8 Å². The molecule has 98 valence electrons. The highest BCUT2D eigenvalue weighted by atomic mass is 16.1. The van der Waals surface area contributed by atoms with Crippen molar-refractivity contribution in [3.8, 4) is 5.95 Å². The number of ketones is 1. The Hall–Kier alpha value is -2.75. The Labute approximate surface area is 116 Å². The molecule has 0 amide bonds. The molecule has 0 fully saturated rings.